The lowest BCUT2D eigenvalue weighted by Gasteiger charge is -2.26. The number of hydrogen-bond donors (Lipinski definition) is 3. The number of nitrogens with zero attached hydrogens (tertiary/aromatic N) is 4. The van der Waals surface area contributed by atoms with E-state index in [0.717, 1.165) is 24.0 Å². The van der Waals surface area contributed by atoms with Gasteiger partial charge in [-0.15, -0.1) is 0 Å². The molecule has 39 heavy (non-hydrogen) atoms. The minimum atomic E-state index is -0.771. The van der Waals surface area contributed by atoms with Crippen molar-refractivity contribution < 1.29 is 19.4 Å². The summed E-state index contributed by atoms with van der Waals surface area (Å²) in [6.07, 6.45) is 3.24. The summed E-state index contributed by atoms with van der Waals surface area (Å²) in [6, 6.07) is 10.0. The number of fused-ring (bicyclic) bond motifs is 1. The highest BCUT2D eigenvalue weighted by molar-refractivity contribution is 6.32. The summed E-state index contributed by atoms with van der Waals surface area (Å²) >= 11 is 6.42. The average molecular weight is 551 g/mol. The molecule has 4 heterocycles. The molecule has 0 aliphatic carbocycles. The van der Waals surface area contributed by atoms with Crippen LogP contribution >= 0.6 is 11.6 Å². The predicted octanol–water partition coefficient (Wildman–Crippen LogP) is 3.29. The second-order valence-corrected chi connectivity index (χ2v) is 10.3. The molecule has 11 heteroatoms. The van der Waals surface area contributed by atoms with Crippen molar-refractivity contribution in [1.29, 1.82) is 0 Å². The third kappa shape index (κ3) is 5.88. The molecule has 0 saturated carbocycles. The number of pyridine rings is 1. The topological polar surface area (TPSA) is 130 Å². The molecule has 0 spiro atoms. The Morgan fingerprint density at radius 2 is 2.00 bits per heavy atom. The minimum absolute atomic E-state index is 0.208. The molecule has 2 aliphatic heterocycles. The van der Waals surface area contributed by atoms with E-state index in [2.05, 4.69) is 25.6 Å². The fraction of sp³-hybridized carbons (Fsp3) is 0.393. The number of ether oxygens (including phenoxy) is 1. The number of aryl methyl sites for hydroxylation is 1. The number of hydrogen-bond acceptors (Lipinski definition) is 8. The molecule has 2 aliphatic rings. The van der Waals surface area contributed by atoms with Gasteiger partial charge in [0.15, 0.2) is 0 Å². The average Bonchev–Trinajstić information content (AvgIpc) is 3.28. The first-order valence-corrected chi connectivity index (χ1v) is 13.4. The number of nitrogens with one attached hydrogen (secondary N) is 2. The third-order valence-electron chi connectivity index (χ3n) is 7.11. The van der Waals surface area contributed by atoms with E-state index < -0.39 is 12.1 Å². The molecule has 0 radical (unpaired) electrons. The Morgan fingerprint density at radius 3 is 2.74 bits per heavy atom. The van der Waals surface area contributed by atoms with E-state index in [9.17, 15) is 14.7 Å². The van der Waals surface area contributed by atoms with Gasteiger partial charge in [0.25, 0.3) is 5.91 Å². The van der Waals surface area contributed by atoms with Crippen LogP contribution in [0.25, 0.3) is 11.4 Å². The lowest BCUT2D eigenvalue weighted by molar-refractivity contribution is -0.126. The smallest absolute Gasteiger partial charge is 0.273 e. The molecule has 1 saturated heterocycles. The van der Waals surface area contributed by atoms with Gasteiger partial charge < -0.3 is 25.4 Å². The number of aromatic nitrogens is 3. The number of rotatable bonds is 8. The predicted molar refractivity (Wildman–Crippen MR) is 146 cm³/mol. The van der Waals surface area contributed by atoms with Crippen molar-refractivity contribution in [1.82, 2.24) is 25.2 Å². The SMILES string of the molecule is Cc1cccc([C@@H](CO)NC(=O)[C@@H](C)N2Cc3ccc(-c4nc(NC5CCOCC5)ncc4Cl)nc3C2=O)c1. The van der Waals surface area contributed by atoms with Crippen molar-refractivity contribution in [3.05, 3.63) is 70.0 Å². The monoisotopic (exact) mass is 550 g/mol. The Hall–Kier alpha value is -3.60. The number of carbonyl (C=O) groups excluding carboxylic acids is 2. The van der Waals surface area contributed by atoms with Crippen LogP contribution in [0, 0.1) is 6.92 Å². The van der Waals surface area contributed by atoms with Gasteiger partial charge in [0.2, 0.25) is 11.9 Å². The molecule has 1 fully saturated rings. The number of anilines is 1. The molecule has 204 valence electrons. The van der Waals surface area contributed by atoms with Crippen LogP contribution in [0.5, 0.6) is 0 Å². The molecule has 3 N–H and O–H groups in total. The van der Waals surface area contributed by atoms with Crippen LogP contribution in [0.4, 0.5) is 5.95 Å². The van der Waals surface area contributed by atoms with E-state index in [0.29, 0.717) is 41.1 Å². The van der Waals surface area contributed by atoms with Crippen LogP contribution < -0.4 is 10.6 Å². The zero-order chi connectivity index (χ0) is 27.5. The molecule has 0 bridgehead atoms. The molecule has 2 atom stereocenters. The second kappa shape index (κ2) is 11.6. The number of carbonyl (C=O) groups is 2. The maximum atomic E-state index is 13.4. The first-order chi connectivity index (χ1) is 18.8. The quantitative estimate of drug-likeness (QED) is 0.389. The van der Waals surface area contributed by atoms with E-state index in [1.165, 1.54) is 11.1 Å². The highest BCUT2D eigenvalue weighted by atomic mass is 35.5. The summed E-state index contributed by atoms with van der Waals surface area (Å²) in [5.41, 5.74) is 3.67. The lowest BCUT2D eigenvalue weighted by Crippen LogP contribution is -2.46. The Kier molecular flexibility index (Phi) is 8.06. The molecular formula is C28H31ClN6O4. The second-order valence-electron chi connectivity index (χ2n) is 9.89. The maximum Gasteiger partial charge on any atom is 0.273 e. The van der Waals surface area contributed by atoms with Crippen molar-refractivity contribution in [2.45, 2.75) is 51.4 Å². The maximum absolute atomic E-state index is 13.4. The molecule has 3 aromatic rings. The van der Waals surface area contributed by atoms with Crippen molar-refractivity contribution in [3.63, 3.8) is 0 Å². The largest absolute Gasteiger partial charge is 0.394 e. The summed E-state index contributed by atoms with van der Waals surface area (Å²) < 4.78 is 5.41. The molecule has 2 amide bonds. The summed E-state index contributed by atoms with van der Waals surface area (Å²) in [5, 5.41) is 16.4. The van der Waals surface area contributed by atoms with Gasteiger partial charge in [-0.05, 0) is 38.3 Å². The van der Waals surface area contributed by atoms with Crippen molar-refractivity contribution in [2.75, 3.05) is 25.1 Å². The van der Waals surface area contributed by atoms with E-state index >= 15 is 0 Å². The van der Waals surface area contributed by atoms with Crippen LogP contribution in [0.15, 0.2) is 42.6 Å². The number of aliphatic hydroxyl groups is 1. The number of halogens is 1. The molecule has 0 unspecified atom stereocenters. The normalized spacial score (nSPS) is 17.0. The highest BCUT2D eigenvalue weighted by Crippen LogP contribution is 2.30. The van der Waals surface area contributed by atoms with Gasteiger partial charge in [-0.1, -0.05) is 47.5 Å². The Labute approximate surface area is 231 Å². The fourth-order valence-electron chi connectivity index (χ4n) is 4.83. The molecular weight excluding hydrogens is 520 g/mol. The van der Waals surface area contributed by atoms with Gasteiger partial charge in [0.1, 0.15) is 17.4 Å². The van der Waals surface area contributed by atoms with Crippen LogP contribution in [0.1, 0.15) is 53.0 Å². The van der Waals surface area contributed by atoms with Crippen LogP contribution in [0.3, 0.4) is 0 Å². The van der Waals surface area contributed by atoms with Crippen molar-refractivity contribution in [3.8, 4) is 11.4 Å². The van der Waals surface area contributed by atoms with E-state index in [4.69, 9.17) is 16.3 Å². The first kappa shape index (κ1) is 27.0. The van der Waals surface area contributed by atoms with E-state index in [1.807, 2.05) is 37.3 Å². The van der Waals surface area contributed by atoms with Crippen LogP contribution in [0.2, 0.25) is 5.02 Å². The number of aliphatic hydroxyl groups excluding tert-OH is 1. The standard InChI is InChI=1S/C28H31ClN6O4/c1-16-4-3-5-18(12-16)23(15-36)33-26(37)17(2)35-14-19-6-7-22(32-24(19)27(35)38)25-21(29)13-30-28(34-25)31-20-8-10-39-11-9-20/h3-7,12-13,17,20,23,36H,8-11,14-15H2,1-2H3,(H,33,37)(H,30,31,34)/t17-,23-/m1/s1. The summed E-state index contributed by atoms with van der Waals surface area (Å²) in [4.78, 5) is 41.4. The molecule has 5 rings (SSSR count). The van der Waals surface area contributed by atoms with E-state index in [1.54, 1.807) is 13.0 Å². The highest BCUT2D eigenvalue weighted by Gasteiger charge is 2.36. The Bertz CT molecular complexity index is 1380. The number of benzene rings is 1. The van der Waals surface area contributed by atoms with Gasteiger partial charge in [0, 0.05) is 31.4 Å². The van der Waals surface area contributed by atoms with Gasteiger partial charge in [-0.2, -0.15) is 0 Å². The Morgan fingerprint density at radius 1 is 1.21 bits per heavy atom. The van der Waals surface area contributed by atoms with Crippen LogP contribution in [-0.4, -0.2) is 68.7 Å². The molecule has 1 aromatic carbocycles. The lowest BCUT2D eigenvalue weighted by atomic mass is 10.0. The zero-order valence-corrected chi connectivity index (χ0v) is 22.6. The van der Waals surface area contributed by atoms with Crippen molar-refractivity contribution >= 4 is 29.4 Å². The van der Waals surface area contributed by atoms with Gasteiger partial charge in [-0.3, -0.25) is 9.59 Å². The van der Waals surface area contributed by atoms with Crippen LogP contribution in [-0.2, 0) is 16.1 Å². The van der Waals surface area contributed by atoms with Gasteiger partial charge >= 0.3 is 0 Å². The molecule has 10 nitrogen and oxygen atoms in total. The zero-order valence-electron chi connectivity index (χ0n) is 21.9. The first-order valence-electron chi connectivity index (χ1n) is 13.0. The Balaban J connectivity index is 1.31. The number of amides is 2. The van der Waals surface area contributed by atoms with Crippen molar-refractivity contribution in [2.24, 2.45) is 0 Å². The third-order valence-corrected chi connectivity index (χ3v) is 7.39. The van der Waals surface area contributed by atoms with E-state index in [-0.39, 0.29) is 36.7 Å². The summed E-state index contributed by atoms with van der Waals surface area (Å²) in [7, 11) is 0. The minimum Gasteiger partial charge on any atom is -0.394 e. The molecule has 2 aromatic heterocycles. The van der Waals surface area contributed by atoms with Gasteiger partial charge in [-0.25, -0.2) is 15.0 Å². The summed E-state index contributed by atoms with van der Waals surface area (Å²) in [6.45, 7) is 4.98. The fourth-order valence-corrected chi connectivity index (χ4v) is 5.02. The summed E-state index contributed by atoms with van der Waals surface area (Å²) in [5.74, 6) is -0.273. The van der Waals surface area contributed by atoms with Gasteiger partial charge in [0.05, 0.1) is 29.6 Å².